The number of nitrogens with one attached hydrogen (secondary N) is 3. The van der Waals surface area contributed by atoms with Crippen LogP contribution in [0.1, 0.15) is 28.1 Å². The van der Waals surface area contributed by atoms with E-state index in [4.69, 9.17) is 0 Å². The van der Waals surface area contributed by atoms with Gasteiger partial charge >= 0.3 is 0 Å². The van der Waals surface area contributed by atoms with Gasteiger partial charge in [0.05, 0.1) is 5.01 Å². The number of benzene rings is 1. The van der Waals surface area contributed by atoms with Crippen molar-refractivity contribution in [2.24, 2.45) is 4.99 Å². The summed E-state index contributed by atoms with van der Waals surface area (Å²) in [6.07, 6.45) is 2.49. The molecule has 3 N–H and O–H groups in total. The number of hydrogen-bond donors (Lipinski definition) is 3. The zero-order valence-electron chi connectivity index (χ0n) is 13.8. The second-order valence-corrected chi connectivity index (χ2v) is 6.74. The Kier molecular flexibility index (Phi) is 5.10. The number of thiazole rings is 1. The molecule has 0 spiro atoms. The van der Waals surface area contributed by atoms with Crippen molar-refractivity contribution in [1.29, 1.82) is 0 Å². The van der Waals surface area contributed by atoms with E-state index >= 15 is 0 Å². The van der Waals surface area contributed by atoms with Gasteiger partial charge in [0, 0.05) is 30.6 Å². The number of guanidine groups is 1. The highest BCUT2D eigenvalue weighted by atomic mass is 32.1. The normalized spacial score (nSPS) is 13.8. The minimum atomic E-state index is 0.610. The lowest BCUT2D eigenvalue weighted by Crippen LogP contribution is -2.35. The number of nitrogens with zero attached hydrogens (tertiary/aromatic N) is 2. The first-order valence-electron chi connectivity index (χ1n) is 7.96. The van der Waals surface area contributed by atoms with Crippen molar-refractivity contribution in [3.63, 3.8) is 0 Å². The molecule has 0 atom stereocenters. The first-order valence-corrected chi connectivity index (χ1v) is 8.83. The highest BCUT2D eigenvalue weighted by molar-refractivity contribution is 7.10. The van der Waals surface area contributed by atoms with E-state index in [0.717, 1.165) is 42.6 Å². The summed E-state index contributed by atoms with van der Waals surface area (Å²) in [5.41, 5.74) is 4.70. The predicted octanol–water partition coefficient (Wildman–Crippen LogP) is 2.68. The maximum absolute atomic E-state index is 10.5. The lowest BCUT2D eigenvalue weighted by molar-refractivity contribution is -0.105. The van der Waals surface area contributed by atoms with E-state index in [2.05, 4.69) is 51.9 Å². The molecule has 6 nitrogen and oxygen atoms in total. The Bertz CT molecular complexity index is 768. The van der Waals surface area contributed by atoms with E-state index in [-0.39, 0.29) is 0 Å². The maximum atomic E-state index is 10.5. The van der Waals surface area contributed by atoms with Crippen LogP contribution >= 0.6 is 11.3 Å². The predicted molar refractivity (Wildman–Crippen MR) is 99.1 cm³/mol. The Morgan fingerprint density at radius 2 is 2.21 bits per heavy atom. The highest BCUT2D eigenvalue weighted by Gasteiger charge is 2.10. The number of amides is 1. The van der Waals surface area contributed by atoms with Crippen LogP contribution in [-0.4, -0.2) is 30.4 Å². The van der Waals surface area contributed by atoms with E-state index in [1.165, 1.54) is 16.7 Å². The minimum Gasteiger partial charge on any atom is -0.356 e. The average Bonchev–Trinajstić information content (AvgIpc) is 3.01. The quantitative estimate of drug-likeness (QED) is 0.730. The van der Waals surface area contributed by atoms with Gasteiger partial charge in [-0.3, -0.25) is 9.79 Å². The van der Waals surface area contributed by atoms with Crippen LogP contribution in [0, 0.1) is 13.8 Å². The number of hydrogen-bond acceptors (Lipinski definition) is 6. The lowest BCUT2D eigenvalue weighted by Gasteiger charge is -2.18. The van der Waals surface area contributed by atoms with Crippen LogP contribution in [0.15, 0.2) is 22.5 Å². The Morgan fingerprint density at radius 3 is 2.96 bits per heavy atom. The van der Waals surface area contributed by atoms with Crippen LogP contribution < -0.4 is 16.0 Å². The molecule has 0 fully saturated rings. The monoisotopic (exact) mass is 343 g/mol. The first-order chi connectivity index (χ1) is 11.7. The number of rotatable bonds is 5. The van der Waals surface area contributed by atoms with Gasteiger partial charge in [0.1, 0.15) is 5.82 Å². The van der Waals surface area contributed by atoms with Crippen molar-refractivity contribution >= 4 is 35.2 Å². The molecular formula is C17H21N5OS. The fraction of sp³-hybridized carbons (Fsp3) is 0.353. The molecule has 3 rings (SSSR count). The van der Waals surface area contributed by atoms with Gasteiger partial charge in [-0.2, -0.15) is 0 Å². The molecule has 0 saturated carbocycles. The molecule has 1 aromatic heterocycles. The van der Waals surface area contributed by atoms with Gasteiger partial charge in [0.15, 0.2) is 5.96 Å². The summed E-state index contributed by atoms with van der Waals surface area (Å²) in [6.45, 7) is 6.03. The van der Waals surface area contributed by atoms with Crippen LogP contribution in [0.5, 0.6) is 0 Å². The third kappa shape index (κ3) is 3.91. The number of carbonyl (C=O) groups excluding carboxylic acids is 1. The summed E-state index contributed by atoms with van der Waals surface area (Å²) < 4.78 is 0. The molecule has 0 bridgehead atoms. The van der Waals surface area contributed by atoms with Crippen LogP contribution in [0.25, 0.3) is 0 Å². The summed E-state index contributed by atoms with van der Waals surface area (Å²) in [5, 5.41) is 12.1. The molecule has 1 amide bonds. The lowest BCUT2D eigenvalue weighted by atomic mass is 10.0. The Labute approximate surface area is 145 Å². The number of anilines is 2. The largest absolute Gasteiger partial charge is 0.356 e. The van der Waals surface area contributed by atoms with Crippen LogP contribution in [0.3, 0.4) is 0 Å². The molecule has 0 aliphatic carbocycles. The number of aromatic nitrogens is 1. The zero-order valence-corrected chi connectivity index (χ0v) is 14.7. The molecule has 0 unspecified atom stereocenters. The molecule has 0 saturated heterocycles. The summed E-state index contributed by atoms with van der Waals surface area (Å²) in [4.78, 5) is 19.3. The van der Waals surface area contributed by atoms with Crippen molar-refractivity contribution in [2.75, 3.05) is 23.7 Å². The number of aliphatic imine (C=N–C) groups is 1. The second kappa shape index (κ2) is 7.44. The van der Waals surface area contributed by atoms with Crippen molar-refractivity contribution in [2.45, 2.75) is 26.7 Å². The SMILES string of the molecule is Cc1cc(NC2=NCCCN2)c(C)cc1Cc1nc(NC=O)cs1. The van der Waals surface area contributed by atoms with Crippen molar-refractivity contribution in [1.82, 2.24) is 10.3 Å². The fourth-order valence-corrected chi connectivity index (χ4v) is 3.38. The van der Waals surface area contributed by atoms with E-state index in [9.17, 15) is 4.79 Å². The van der Waals surface area contributed by atoms with E-state index in [1.807, 2.05) is 5.38 Å². The van der Waals surface area contributed by atoms with Crippen LogP contribution in [-0.2, 0) is 11.2 Å². The van der Waals surface area contributed by atoms with E-state index in [0.29, 0.717) is 12.2 Å². The van der Waals surface area contributed by atoms with Gasteiger partial charge in [-0.1, -0.05) is 6.07 Å². The van der Waals surface area contributed by atoms with Gasteiger partial charge in [0.2, 0.25) is 6.41 Å². The summed E-state index contributed by atoms with van der Waals surface area (Å²) in [5.74, 6) is 1.46. The molecule has 126 valence electrons. The number of carbonyl (C=O) groups is 1. The zero-order chi connectivity index (χ0) is 16.9. The topological polar surface area (TPSA) is 78.4 Å². The molecule has 1 aliphatic heterocycles. The van der Waals surface area contributed by atoms with Gasteiger partial charge in [-0.05, 0) is 43.0 Å². The van der Waals surface area contributed by atoms with Crippen molar-refractivity contribution in [3.8, 4) is 0 Å². The summed E-state index contributed by atoms with van der Waals surface area (Å²) >= 11 is 1.55. The van der Waals surface area contributed by atoms with Crippen molar-refractivity contribution in [3.05, 3.63) is 39.2 Å². The molecule has 7 heteroatoms. The summed E-state index contributed by atoms with van der Waals surface area (Å²) in [6, 6.07) is 4.34. The van der Waals surface area contributed by atoms with E-state index < -0.39 is 0 Å². The minimum absolute atomic E-state index is 0.610. The van der Waals surface area contributed by atoms with Gasteiger partial charge in [0.25, 0.3) is 0 Å². The van der Waals surface area contributed by atoms with Gasteiger partial charge in [-0.15, -0.1) is 11.3 Å². The maximum Gasteiger partial charge on any atom is 0.212 e. The third-order valence-electron chi connectivity index (χ3n) is 3.93. The summed E-state index contributed by atoms with van der Waals surface area (Å²) in [7, 11) is 0. The van der Waals surface area contributed by atoms with Gasteiger partial charge < -0.3 is 16.0 Å². The molecule has 0 radical (unpaired) electrons. The Hall–Kier alpha value is -2.41. The van der Waals surface area contributed by atoms with Gasteiger partial charge in [-0.25, -0.2) is 4.98 Å². The van der Waals surface area contributed by atoms with Crippen LogP contribution in [0.4, 0.5) is 11.5 Å². The third-order valence-corrected chi connectivity index (χ3v) is 4.78. The highest BCUT2D eigenvalue weighted by Crippen LogP contribution is 2.25. The molecule has 2 aromatic rings. The molecule has 24 heavy (non-hydrogen) atoms. The van der Waals surface area contributed by atoms with E-state index in [1.54, 1.807) is 11.3 Å². The molecular weight excluding hydrogens is 322 g/mol. The first kappa shape index (κ1) is 16.4. The average molecular weight is 343 g/mol. The molecule has 1 aliphatic rings. The van der Waals surface area contributed by atoms with Crippen LogP contribution in [0.2, 0.25) is 0 Å². The molecule has 1 aromatic carbocycles. The standard InChI is InChI=1S/C17H21N5OS/c1-11-7-14(21-17-18-4-3-5-19-17)12(2)6-13(11)8-16-22-15(9-24-16)20-10-23/h6-7,9-10H,3-5,8H2,1-2H3,(H,20,23)(H2,18,19,21). The van der Waals surface area contributed by atoms with Crippen molar-refractivity contribution < 1.29 is 4.79 Å². The Morgan fingerprint density at radius 1 is 1.33 bits per heavy atom. The second-order valence-electron chi connectivity index (χ2n) is 5.79. The smallest absolute Gasteiger partial charge is 0.212 e. The fourth-order valence-electron chi connectivity index (χ4n) is 2.63. The Balaban J connectivity index is 1.75. The number of aryl methyl sites for hydroxylation is 2. The molecule has 2 heterocycles.